The molecule has 0 aliphatic carbocycles. The Balaban J connectivity index is 2.08. The molecule has 0 aromatic rings. The average molecular weight is 120 g/mol. The maximum absolute atomic E-state index is 2.00. The van der Waals surface area contributed by atoms with E-state index in [1.165, 1.54) is 11.7 Å². The Kier molecular flexibility index (Phi) is 2.06. The van der Waals surface area contributed by atoms with Crippen LogP contribution in [0, 0.1) is 0 Å². The highest BCUT2D eigenvalue weighted by atomic mass is 33.1. The van der Waals surface area contributed by atoms with Crippen LogP contribution in [0.25, 0.3) is 0 Å². The van der Waals surface area contributed by atoms with Crippen molar-refractivity contribution in [3.8, 4) is 0 Å². The van der Waals surface area contributed by atoms with Crippen LogP contribution in [0.3, 0.4) is 0 Å². The van der Waals surface area contributed by atoms with Crippen molar-refractivity contribution < 1.29 is 0 Å². The zero-order valence-corrected chi connectivity index (χ0v) is 5.09. The fraction of sp³-hybridized carbons (Fsp3) is 0. The van der Waals surface area contributed by atoms with E-state index >= 15 is 0 Å². The highest BCUT2D eigenvalue weighted by Gasteiger charge is 2.01. The molecule has 0 aromatic heterocycles. The lowest BCUT2D eigenvalue weighted by atomic mass is 10.7. The van der Waals surface area contributed by atoms with Gasteiger partial charge in [-0.3, -0.25) is 0 Å². The maximum atomic E-state index is 2.00. The van der Waals surface area contributed by atoms with Gasteiger partial charge in [0.05, 0.1) is 0 Å². The van der Waals surface area contributed by atoms with E-state index < -0.39 is 0 Å². The highest BCUT2D eigenvalue weighted by Crippen LogP contribution is 2.32. The lowest BCUT2D eigenvalue weighted by Crippen LogP contribution is -1.58. The van der Waals surface area contributed by atoms with Gasteiger partial charge in [-0.2, -0.15) is 0 Å². The number of hydrogen-bond acceptors (Lipinski definition) is 3. The molecule has 1 saturated heterocycles. The Hall–Kier alpha value is 1.18. The third kappa shape index (κ3) is 1.37. The number of hydrogen-bond donors (Lipinski definition) is 0. The molecule has 1 rings (SSSR count). The van der Waals surface area contributed by atoms with Gasteiger partial charge in [-0.15, -0.1) is 21.3 Å². The molecule has 0 atom stereocenters. The molecule has 5 heavy (non-hydrogen) atoms. The van der Waals surface area contributed by atoms with Crippen LogP contribution < -0.4 is 0 Å². The Labute approximate surface area is 44.7 Å². The first-order valence-electron chi connectivity index (χ1n) is 1.32. The van der Waals surface area contributed by atoms with Crippen molar-refractivity contribution in [2.24, 2.45) is 0 Å². The Morgan fingerprint density at radius 1 is 1.00 bits per heavy atom. The van der Waals surface area contributed by atoms with E-state index in [1.807, 2.05) is 32.8 Å². The van der Waals surface area contributed by atoms with Crippen LogP contribution in [0.5, 0.6) is 0 Å². The molecule has 1 heterocycles. The molecular formula is H2B2S3. The smallest absolute Gasteiger partial charge is 0.236 e. The molecule has 26 valence electrons. The van der Waals surface area contributed by atoms with E-state index in [2.05, 4.69) is 0 Å². The summed E-state index contributed by atoms with van der Waals surface area (Å²) in [6.07, 6.45) is 0. The van der Waals surface area contributed by atoms with Gasteiger partial charge in [-0.05, 0) is 0 Å². The molecule has 0 bridgehead atoms. The molecule has 0 radical (unpaired) electrons. The minimum Gasteiger partial charge on any atom is -0.236 e. The first kappa shape index (κ1) is 4.34. The molecule has 1 aliphatic rings. The summed E-state index contributed by atoms with van der Waals surface area (Å²) >= 11 is 2.00. The van der Waals surface area contributed by atoms with Gasteiger partial charge >= 0.3 is 0 Å². The topological polar surface area (TPSA) is 0 Å². The quantitative estimate of drug-likeness (QED) is 0.340. The molecular weight excluding hydrogens is 118 g/mol. The predicted octanol–water partition coefficient (Wildman–Crippen LogP) is 0.648. The van der Waals surface area contributed by atoms with E-state index in [4.69, 9.17) is 0 Å². The normalized spacial score (nSPS) is 20.8. The molecule has 1 fully saturated rings. The van der Waals surface area contributed by atoms with Crippen molar-refractivity contribution in [2.45, 2.75) is 0 Å². The van der Waals surface area contributed by atoms with Crippen molar-refractivity contribution >= 4 is 44.4 Å². The summed E-state index contributed by atoms with van der Waals surface area (Å²) in [5.74, 6) is 2.59. The second-order valence-corrected chi connectivity index (χ2v) is 4.86. The SMILES string of the molecule is B1SBSS1. The Morgan fingerprint density at radius 3 is 1.80 bits per heavy atom. The van der Waals surface area contributed by atoms with Gasteiger partial charge in [0.15, 0.2) is 0 Å². The summed E-state index contributed by atoms with van der Waals surface area (Å²) in [5.41, 5.74) is 0. The largest absolute Gasteiger partial charge is 0.259 e. The standard InChI is InChI=1S/B2H2S3/c1-3-2-5-4-1/h1-2H. The minimum absolute atomic E-state index is 1.30. The van der Waals surface area contributed by atoms with Crippen molar-refractivity contribution in [3.63, 3.8) is 0 Å². The third-order valence-electron chi connectivity index (χ3n) is 0.346. The van der Waals surface area contributed by atoms with E-state index in [0.717, 1.165) is 0 Å². The fourth-order valence-electron chi connectivity index (χ4n) is 0.170. The van der Waals surface area contributed by atoms with Crippen molar-refractivity contribution in [1.82, 2.24) is 0 Å². The summed E-state index contributed by atoms with van der Waals surface area (Å²) in [7, 11) is 3.91. The Bertz CT molecular complexity index is 16.5. The molecule has 0 N–H and O–H groups in total. The Morgan fingerprint density at radius 2 is 1.60 bits per heavy atom. The summed E-state index contributed by atoms with van der Waals surface area (Å²) in [6, 6.07) is 0. The van der Waals surface area contributed by atoms with Crippen LogP contribution in [0.4, 0.5) is 0 Å². The zero-order chi connectivity index (χ0) is 3.54. The molecule has 5 heteroatoms. The van der Waals surface area contributed by atoms with Gasteiger partial charge in [0.1, 0.15) is 0 Å². The van der Waals surface area contributed by atoms with Crippen LogP contribution in [0.1, 0.15) is 0 Å². The molecule has 0 amide bonds. The maximum Gasteiger partial charge on any atom is 0.259 e. The van der Waals surface area contributed by atoms with Gasteiger partial charge in [0.25, 0.3) is 11.7 Å². The van der Waals surface area contributed by atoms with Gasteiger partial charge in [-0.1, -0.05) is 0 Å². The van der Waals surface area contributed by atoms with Crippen molar-refractivity contribution in [1.29, 1.82) is 0 Å². The van der Waals surface area contributed by atoms with Gasteiger partial charge in [0, 0.05) is 0 Å². The van der Waals surface area contributed by atoms with E-state index in [-0.39, 0.29) is 0 Å². The molecule has 0 saturated carbocycles. The zero-order valence-electron chi connectivity index (χ0n) is 2.64. The van der Waals surface area contributed by atoms with Crippen molar-refractivity contribution in [3.05, 3.63) is 0 Å². The van der Waals surface area contributed by atoms with E-state index in [0.29, 0.717) is 0 Å². The second kappa shape index (κ2) is 2.37. The van der Waals surface area contributed by atoms with Crippen molar-refractivity contribution in [2.75, 3.05) is 0 Å². The third-order valence-corrected chi connectivity index (χ3v) is 4.85. The molecule has 0 aromatic carbocycles. The predicted molar refractivity (Wildman–Crippen MR) is 37.1 cm³/mol. The second-order valence-electron chi connectivity index (χ2n) is 0.676. The number of rotatable bonds is 0. The lowest BCUT2D eigenvalue weighted by Gasteiger charge is -1.67. The summed E-state index contributed by atoms with van der Waals surface area (Å²) < 4.78 is 0. The van der Waals surface area contributed by atoms with E-state index in [1.54, 1.807) is 0 Å². The van der Waals surface area contributed by atoms with Crippen LogP contribution in [-0.4, -0.2) is 11.7 Å². The van der Waals surface area contributed by atoms with Crippen LogP contribution >= 0.6 is 32.8 Å². The van der Waals surface area contributed by atoms with Gasteiger partial charge < -0.3 is 0 Å². The summed E-state index contributed by atoms with van der Waals surface area (Å²) in [4.78, 5) is 0. The minimum atomic E-state index is 1.30. The fourth-order valence-corrected chi connectivity index (χ4v) is 4.59. The molecule has 0 spiro atoms. The average Bonchev–Trinajstić information content (AvgIpc) is 1.76. The lowest BCUT2D eigenvalue weighted by molar-refractivity contribution is 4.78. The highest BCUT2D eigenvalue weighted by molar-refractivity contribution is 9.09. The molecule has 1 aliphatic heterocycles. The van der Waals surface area contributed by atoms with Crippen LogP contribution in [-0.2, 0) is 0 Å². The molecule has 0 nitrogen and oxygen atoms in total. The van der Waals surface area contributed by atoms with Crippen LogP contribution in [0.2, 0.25) is 0 Å². The van der Waals surface area contributed by atoms with Crippen LogP contribution in [0.15, 0.2) is 0 Å². The summed E-state index contributed by atoms with van der Waals surface area (Å²) in [5, 5.41) is 0. The first-order valence-corrected chi connectivity index (χ1v) is 4.96. The van der Waals surface area contributed by atoms with Gasteiger partial charge in [-0.25, -0.2) is 11.5 Å². The van der Waals surface area contributed by atoms with E-state index in [9.17, 15) is 0 Å². The molecule has 0 unspecified atom stereocenters. The first-order chi connectivity index (χ1) is 2.50. The van der Waals surface area contributed by atoms with Gasteiger partial charge in [0.2, 0.25) is 0 Å². The monoisotopic (exact) mass is 120 g/mol. The summed E-state index contributed by atoms with van der Waals surface area (Å²) in [6.45, 7) is 0.